The Hall–Kier alpha value is -2.39. The fourth-order valence-corrected chi connectivity index (χ4v) is 3.53. The SMILES string of the molecule is COc1ccnc(C[S+]([O-])c2nc3cc(OC(F)F)c(C)c(C)c3[nH]2)c1. The van der Waals surface area contributed by atoms with Crippen molar-refractivity contribution in [1.82, 2.24) is 15.0 Å². The normalized spacial score (nSPS) is 12.6. The number of pyridine rings is 1. The Morgan fingerprint density at radius 1 is 1.27 bits per heavy atom. The van der Waals surface area contributed by atoms with Gasteiger partial charge in [-0.15, -0.1) is 0 Å². The molecule has 0 aliphatic rings. The number of halogens is 2. The molecule has 138 valence electrons. The van der Waals surface area contributed by atoms with E-state index in [-0.39, 0.29) is 16.7 Å². The van der Waals surface area contributed by atoms with Crippen LogP contribution in [0.25, 0.3) is 11.0 Å². The van der Waals surface area contributed by atoms with Crippen LogP contribution in [0.4, 0.5) is 8.78 Å². The van der Waals surface area contributed by atoms with Gasteiger partial charge in [0, 0.05) is 29.5 Å². The summed E-state index contributed by atoms with van der Waals surface area (Å²) in [4.78, 5) is 11.5. The molecule has 0 aliphatic carbocycles. The highest BCUT2D eigenvalue weighted by molar-refractivity contribution is 7.90. The number of aromatic amines is 1. The Kier molecular flexibility index (Phi) is 5.28. The first-order chi connectivity index (χ1) is 12.4. The number of hydrogen-bond acceptors (Lipinski definition) is 5. The first-order valence-electron chi connectivity index (χ1n) is 7.71. The van der Waals surface area contributed by atoms with Gasteiger partial charge in [-0.25, -0.2) is 0 Å². The van der Waals surface area contributed by atoms with Gasteiger partial charge in [0.05, 0.1) is 23.8 Å². The van der Waals surface area contributed by atoms with E-state index in [1.54, 1.807) is 39.3 Å². The molecular weight excluding hydrogens is 364 g/mol. The molecule has 0 saturated carbocycles. The Morgan fingerprint density at radius 3 is 2.73 bits per heavy atom. The lowest BCUT2D eigenvalue weighted by Crippen LogP contribution is -2.08. The molecule has 0 amide bonds. The van der Waals surface area contributed by atoms with E-state index in [2.05, 4.69) is 19.7 Å². The predicted octanol–water partition coefficient (Wildman–Crippen LogP) is 3.49. The smallest absolute Gasteiger partial charge is 0.387 e. The summed E-state index contributed by atoms with van der Waals surface area (Å²) >= 11 is -1.48. The van der Waals surface area contributed by atoms with Crippen molar-refractivity contribution in [2.24, 2.45) is 0 Å². The van der Waals surface area contributed by atoms with Crippen LogP contribution in [0.2, 0.25) is 0 Å². The van der Waals surface area contributed by atoms with Gasteiger partial charge in [-0.2, -0.15) is 13.8 Å². The highest BCUT2D eigenvalue weighted by Gasteiger charge is 2.21. The Bertz CT molecular complexity index is 933. The van der Waals surface area contributed by atoms with Crippen LogP contribution in [0, 0.1) is 13.8 Å². The molecule has 0 spiro atoms. The summed E-state index contributed by atoms with van der Waals surface area (Å²) in [5.41, 5.74) is 2.95. The van der Waals surface area contributed by atoms with E-state index in [1.165, 1.54) is 6.07 Å². The van der Waals surface area contributed by atoms with E-state index in [4.69, 9.17) is 4.74 Å². The number of hydrogen-bond donors (Lipinski definition) is 1. The molecule has 2 heterocycles. The monoisotopic (exact) mass is 381 g/mol. The second-order valence-electron chi connectivity index (χ2n) is 5.62. The second-order valence-corrected chi connectivity index (χ2v) is 6.98. The van der Waals surface area contributed by atoms with E-state index < -0.39 is 17.8 Å². The van der Waals surface area contributed by atoms with Gasteiger partial charge in [0.15, 0.2) is 5.75 Å². The van der Waals surface area contributed by atoms with Crippen LogP contribution in [0.1, 0.15) is 16.8 Å². The number of nitrogens with one attached hydrogen (secondary N) is 1. The molecule has 0 radical (unpaired) electrons. The first-order valence-corrected chi connectivity index (χ1v) is 9.03. The number of imidazole rings is 1. The van der Waals surface area contributed by atoms with Gasteiger partial charge in [-0.3, -0.25) is 9.97 Å². The molecule has 2 aromatic heterocycles. The minimum atomic E-state index is -2.92. The van der Waals surface area contributed by atoms with Crippen LogP contribution in [0.3, 0.4) is 0 Å². The Labute approximate surface area is 151 Å². The molecule has 0 bridgehead atoms. The van der Waals surface area contributed by atoms with E-state index >= 15 is 0 Å². The largest absolute Gasteiger partial charge is 0.609 e. The molecule has 6 nitrogen and oxygen atoms in total. The highest BCUT2D eigenvalue weighted by atomic mass is 32.2. The maximum absolute atomic E-state index is 12.6. The molecule has 0 fully saturated rings. The van der Waals surface area contributed by atoms with Crippen molar-refractivity contribution in [2.45, 2.75) is 31.4 Å². The van der Waals surface area contributed by atoms with Crippen molar-refractivity contribution in [2.75, 3.05) is 7.11 Å². The first kappa shape index (κ1) is 18.4. The Balaban J connectivity index is 1.91. The molecule has 3 rings (SSSR count). The lowest BCUT2D eigenvalue weighted by molar-refractivity contribution is -0.0502. The molecule has 26 heavy (non-hydrogen) atoms. The molecule has 1 unspecified atom stereocenters. The summed E-state index contributed by atoms with van der Waals surface area (Å²) < 4.78 is 47.4. The predicted molar refractivity (Wildman–Crippen MR) is 93.1 cm³/mol. The molecular formula is C17H17F2N3O3S. The van der Waals surface area contributed by atoms with Crippen LogP contribution in [0.15, 0.2) is 29.6 Å². The van der Waals surface area contributed by atoms with Crippen molar-refractivity contribution in [3.05, 3.63) is 41.2 Å². The van der Waals surface area contributed by atoms with Crippen molar-refractivity contribution in [3.63, 3.8) is 0 Å². The summed E-state index contributed by atoms with van der Waals surface area (Å²) in [6, 6.07) is 4.82. The number of benzene rings is 1. The van der Waals surface area contributed by atoms with Gasteiger partial charge in [-0.05, 0) is 31.0 Å². The second kappa shape index (κ2) is 7.46. The molecule has 0 saturated heterocycles. The van der Waals surface area contributed by atoms with Crippen LogP contribution in [-0.4, -0.2) is 33.2 Å². The van der Waals surface area contributed by atoms with E-state index in [1.807, 2.05) is 0 Å². The number of nitrogens with zero attached hydrogens (tertiary/aromatic N) is 2. The average Bonchev–Trinajstić information content (AvgIpc) is 3.03. The number of alkyl halides is 2. The summed E-state index contributed by atoms with van der Waals surface area (Å²) in [5.74, 6) is 0.829. The van der Waals surface area contributed by atoms with Gasteiger partial charge in [0.2, 0.25) is 0 Å². The lowest BCUT2D eigenvalue weighted by Gasteiger charge is -2.10. The highest BCUT2D eigenvalue weighted by Crippen LogP contribution is 2.31. The number of ether oxygens (including phenoxy) is 2. The minimum Gasteiger partial charge on any atom is -0.609 e. The zero-order valence-electron chi connectivity index (χ0n) is 14.4. The summed E-state index contributed by atoms with van der Waals surface area (Å²) in [5, 5.41) is 0.251. The van der Waals surface area contributed by atoms with Gasteiger partial charge >= 0.3 is 11.8 Å². The van der Waals surface area contributed by atoms with Gasteiger partial charge in [0.25, 0.3) is 0 Å². The van der Waals surface area contributed by atoms with E-state index in [0.29, 0.717) is 33.6 Å². The molecule has 1 atom stereocenters. The van der Waals surface area contributed by atoms with Gasteiger partial charge in [-0.1, -0.05) is 0 Å². The lowest BCUT2D eigenvalue weighted by atomic mass is 10.1. The number of aryl methyl sites for hydroxylation is 1. The third kappa shape index (κ3) is 3.73. The van der Waals surface area contributed by atoms with Crippen LogP contribution < -0.4 is 9.47 Å². The molecule has 1 N–H and O–H groups in total. The molecule has 9 heteroatoms. The number of fused-ring (bicyclic) bond motifs is 1. The van der Waals surface area contributed by atoms with E-state index in [9.17, 15) is 13.3 Å². The molecule has 3 aromatic rings. The van der Waals surface area contributed by atoms with Crippen molar-refractivity contribution in [1.29, 1.82) is 0 Å². The number of rotatable bonds is 6. The standard InChI is InChI=1S/C17H17F2N3O3S/c1-9-10(2)15-13(7-14(9)25-16(18)19)21-17(22-15)26(23)8-11-6-12(24-3)4-5-20-11/h4-7,16H,8H2,1-3H3,(H,21,22). The minimum absolute atomic E-state index is 0.0586. The number of aromatic nitrogens is 3. The van der Waals surface area contributed by atoms with E-state index in [0.717, 1.165) is 0 Å². The number of H-pyrrole nitrogens is 1. The van der Waals surface area contributed by atoms with Crippen LogP contribution in [0.5, 0.6) is 11.5 Å². The summed E-state index contributed by atoms with van der Waals surface area (Å²) in [7, 11) is 1.54. The fraction of sp³-hybridized carbons (Fsp3) is 0.294. The van der Waals surface area contributed by atoms with Crippen LogP contribution in [-0.2, 0) is 16.9 Å². The molecule has 1 aromatic carbocycles. The fourth-order valence-electron chi connectivity index (χ4n) is 2.55. The van der Waals surface area contributed by atoms with Crippen molar-refractivity contribution in [3.8, 4) is 11.5 Å². The summed E-state index contributed by atoms with van der Waals surface area (Å²) in [6.07, 6.45) is 1.57. The van der Waals surface area contributed by atoms with Crippen molar-refractivity contribution < 1.29 is 22.8 Å². The maximum atomic E-state index is 12.6. The third-order valence-electron chi connectivity index (χ3n) is 4.02. The zero-order valence-corrected chi connectivity index (χ0v) is 15.2. The van der Waals surface area contributed by atoms with Crippen LogP contribution >= 0.6 is 0 Å². The molecule has 0 aliphatic heterocycles. The zero-order chi connectivity index (χ0) is 18.8. The van der Waals surface area contributed by atoms with Gasteiger partial charge < -0.3 is 14.0 Å². The quantitative estimate of drug-likeness (QED) is 0.661. The number of methoxy groups -OCH3 is 1. The summed E-state index contributed by atoms with van der Waals surface area (Å²) in [6.45, 7) is 0.534. The topological polar surface area (TPSA) is 83.1 Å². The van der Waals surface area contributed by atoms with Gasteiger partial charge in [0.1, 0.15) is 11.5 Å². The third-order valence-corrected chi connectivity index (χ3v) is 5.20. The maximum Gasteiger partial charge on any atom is 0.387 e. The Morgan fingerprint density at radius 2 is 2.04 bits per heavy atom. The average molecular weight is 381 g/mol. The van der Waals surface area contributed by atoms with Crippen molar-refractivity contribution >= 4 is 22.2 Å².